The van der Waals surface area contributed by atoms with E-state index in [9.17, 15) is 5.26 Å². The molecule has 0 radical (unpaired) electrons. The Morgan fingerprint density at radius 1 is 0.311 bits per heavy atom. The number of nitriles is 1. The lowest BCUT2D eigenvalue weighted by molar-refractivity contribution is 1.13. The van der Waals surface area contributed by atoms with Gasteiger partial charge in [0.15, 0.2) is 5.69 Å². The van der Waals surface area contributed by atoms with Gasteiger partial charge >= 0.3 is 0 Å². The number of hydrogen-bond donors (Lipinski definition) is 0. The summed E-state index contributed by atoms with van der Waals surface area (Å²) in [5.41, 5.74) is 20.7. The molecule has 0 fully saturated rings. The first kappa shape index (κ1) is 50.6. The van der Waals surface area contributed by atoms with E-state index in [4.69, 9.17) is 21.5 Å². The van der Waals surface area contributed by atoms with E-state index < -0.39 is 0 Å². The number of para-hydroxylation sites is 8. The highest BCUT2D eigenvalue weighted by Gasteiger charge is 2.25. The van der Waals surface area contributed by atoms with Crippen LogP contribution in [0.5, 0.6) is 0 Å². The molecular weight excluding hydrogens is 1100 g/mol. The summed E-state index contributed by atoms with van der Waals surface area (Å²) in [5.74, 6) is 0. The molecule has 90 heavy (non-hydrogen) atoms. The van der Waals surface area contributed by atoms with Crippen molar-refractivity contribution >= 4 is 104 Å². The van der Waals surface area contributed by atoms with Crippen molar-refractivity contribution in [2.45, 2.75) is 0 Å². The highest BCUT2D eigenvalue weighted by atomic mass is 15.0. The number of rotatable bonds is 8. The Morgan fingerprint density at radius 2 is 0.611 bits per heavy atom. The lowest BCUT2D eigenvalue weighted by atomic mass is 9.98. The van der Waals surface area contributed by atoms with E-state index in [0.29, 0.717) is 39.4 Å². The summed E-state index contributed by atoms with van der Waals surface area (Å²) in [6.07, 6.45) is 1.99. The van der Waals surface area contributed by atoms with Crippen LogP contribution in [0.15, 0.2) is 285 Å². The molecule has 9 nitrogen and oxygen atoms in total. The predicted octanol–water partition coefficient (Wildman–Crippen LogP) is 20.5. The van der Waals surface area contributed by atoms with Crippen LogP contribution >= 0.6 is 0 Å². The summed E-state index contributed by atoms with van der Waals surface area (Å²) in [5, 5.41) is 19.3. The van der Waals surface area contributed by atoms with E-state index in [1.165, 1.54) is 0 Å². The molecule has 6 heterocycles. The molecule has 12 aromatic carbocycles. The third-order valence-corrected chi connectivity index (χ3v) is 18.0. The summed E-state index contributed by atoms with van der Waals surface area (Å²) in [6.45, 7) is 7.92. The molecular formula is C81H47N9. The van der Waals surface area contributed by atoms with E-state index in [-0.39, 0.29) is 0 Å². The minimum atomic E-state index is 0.515. The molecule has 0 saturated carbocycles. The number of pyridine rings is 1. The van der Waals surface area contributed by atoms with E-state index in [1.54, 1.807) is 0 Å². The van der Waals surface area contributed by atoms with Crippen LogP contribution in [0.3, 0.4) is 0 Å². The molecule has 0 bridgehead atoms. The molecule has 0 unspecified atom stereocenters. The van der Waals surface area contributed by atoms with Gasteiger partial charge in [0.05, 0.1) is 79.4 Å². The topological polar surface area (TPSA) is 86.5 Å². The van der Waals surface area contributed by atoms with E-state index >= 15 is 0 Å². The van der Waals surface area contributed by atoms with E-state index in [1.807, 2.05) is 54.7 Å². The van der Waals surface area contributed by atoms with Crippen molar-refractivity contribution in [3.63, 3.8) is 0 Å². The maximum absolute atomic E-state index is 10.1. The molecule has 0 aliphatic carbocycles. The van der Waals surface area contributed by atoms with Crippen LogP contribution in [0.2, 0.25) is 0 Å². The van der Waals surface area contributed by atoms with Gasteiger partial charge in [-0.1, -0.05) is 182 Å². The zero-order valence-corrected chi connectivity index (χ0v) is 48.2. The first-order chi connectivity index (χ1) is 44.5. The highest BCUT2D eigenvalue weighted by molar-refractivity contribution is 6.13. The predicted molar refractivity (Wildman–Crippen MR) is 367 cm³/mol. The zero-order valence-electron chi connectivity index (χ0n) is 48.2. The number of aromatic nitrogens is 7. The Bertz CT molecular complexity index is 5270. The zero-order chi connectivity index (χ0) is 59.6. The molecule has 0 spiro atoms. The maximum atomic E-state index is 10.1. The Hall–Kier alpha value is -12.7. The van der Waals surface area contributed by atoms with Gasteiger partial charge in [-0.15, -0.1) is 0 Å². The van der Waals surface area contributed by atoms with Crippen LogP contribution in [-0.2, 0) is 0 Å². The lowest BCUT2D eigenvalue weighted by Crippen LogP contribution is -2.04. The maximum Gasteiger partial charge on any atom is 0.187 e. The first-order valence-corrected chi connectivity index (χ1v) is 30.0. The average molecular weight is 1150 g/mol. The third-order valence-electron chi connectivity index (χ3n) is 18.0. The van der Waals surface area contributed by atoms with Gasteiger partial charge in [0.1, 0.15) is 11.0 Å². The third kappa shape index (κ3) is 7.71. The number of benzene rings is 12. The van der Waals surface area contributed by atoms with Crippen molar-refractivity contribution in [1.29, 1.82) is 5.26 Å². The van der Waals surface area contributed by atoms with Gasteiger partial charge in [0.2, 0.25) is 0 Å². The smallest absolute Gasteiger partial charge is 0.187 e. The van der Waals surface area contributed by atoms with E-state index in [2.05, 4.69) is 260 Å². The van der Waals surface area contributed by atoms with Gasteiger partial charge < -0.3 is 18.3 Å². The standard InChI is InChI=1S/C81H47N9/c1-83-55-40-38-52(39-41-55)78-79(51-36-34-50(48-82)35-37-51)86-81-77(54-44-58(89-73-30-14-6-22-64(73)65-23-7-15-31-74(65)89)47-59(45-54)90-75-32-16-8-24-66(75)67-25-9-17-33-76(67)90)84-49-68(80(81)85-78)53-42-56(87-69-26-10-2-18-60(69)61-19-3-11-27-70(61)87)46-57(43-53)88-71-28-12-4-20-62(71)63-21-5-13-29-72(63)88/h2-47,49H. The SMILES string of the molecule is [C-]#[N+]c1ccc(-c2nc3c(-c4cc(-n5c6ccccc6c6ccccc65)cc(-n5c6ccccc6c6ccccc65)c4)cnc(-c4cc(-n5c6ccccc6c6ccccc65)cc(-n5c6ccccc6c6ccccc65)c4)c3nc2-c2ccc(C#N)cc2)cc1. The number of hydrogen-bond acceptors (Lipinski definition) is 4. The van der Waals surface area contributed by atoms with Crippen molar-refractivity contribution in [2.75, 3.05) is 0 Å². The highest BCUT2D eigenvalue weighted by Crippen LogP contribution is 2.44. The van der Waals surface area contributed by atoms with Crippen molar-refractivity contribution in [2.24, 2.45) is 0 Å². The fourth-order valence-electron chi connectivity index (χ4n) is 14.1. The second-order valence-electron chi connectivity index (χ2n) is 22.9. The lowest BCUT2D eigenvalue weighted by Gasteiger charge is -2.19. The van der Waals surface area contributed by atoms with Crippen LogP contribution in [0.1, 0.15) is 5.56 Å². The quantitative estimate of drug-likeness (QED) is 0.142. The molecule has 18 aromatic rings. The van der Waals surface area contributed by atoms with Crippen LogP contribution in [0.25, 0.3) is 171 Å². The normalized spacial score (nSPS) is 11.8. The Labute approximate surface area is 515 Å². The summed E-state index contributed by atoms with van der Waals surface area (Å²) < 4.78 is 9.50. The van der Waals surface area contributed by atoms with Crippen LogP contribution < -0.4 is 0 Å². The van der Waals surface area contributed by atoms with Crippen molar-refractivity contribution < 1.29 is 0 Å². The minimum absolute atomic E-state index is 0.515. The Kier molecular flexibility index (Phi) is 11.2. The molecule has 0 atom stereocenters. The summed E-state index contributed by atoms with van der Waals surface area (Å²) in [6, 6.07) is 100. The molecule has 0 N–H and O–H groups in total. The minimum Gasteiger partial charge on any atom is -0.309 e. The first-order valence-electron chi connectivity index (χ1n) is 30.0. The average Bonchev–Trinajstić information content (AvgIpc) is 1.40. The van der Waals surface area contributed by atoms with Gasteiger partial charge in [-0.3, -0.25) is 4.98 Å². The van der Waals surface area contributed by atoms with Gasteiger partial charge in [0, 0.05) is 88.7 Å². The summed E-state index contributed by atoms with van der Waals surface area (Å²) in [7, 11) is 0. The molecule has 416 valence electrons. The molecule has 0 amide bonds. The summed E-state index contributed by atoms with van der Waals surface area (Å²) >= 11 is 0. The van der Waals surface area contributed by atoms with Crippen molar-refractivity contribution in [3.8, 4) is 73.7 Å². The molecule has 9 heteroatoms. The van der Waals surface area contributed by atoms with Gasteiger partial charge in [-0.2, -0.15) is 5.26 Å². The van der Waals surface area contributed by atoms with Crippen molar-refractivity contribution in [1.82, 2.24) is 33.2 Å². The molecule has 0 aliphatic heterocycles. The molecule has 6 aromatic heterocycles. The van der Waals surface area contributed by atoms with Gasteiger partial charge in [0.25, 0.3) is 0 Å². The van der Waals surface area contributed by atoms with E-state index in [0.717, 1.165) is 138 Å². The Balaban J connectivity index is 0.981. The number of fused-ring (bicyclic) bond motifs is 13. The second kappa shape index (κ2) is 19.9. The summed E-state index contributed by atoms with van der Waals surface area (Å²) in [4.78, 5) is 21.3. The van der Waals surface area contributed by atoms with Gasteiger partial charge in [-0.05, 0) is 108 Å². The molecule has 0 saturated heterocycles. The monoisotopic (exact) mass is 1150 g/mol. The fraction of sp³-hybridized carbons (Fsp3) is 0. The Morgan fingerprint density at radius 3 is 0.933 bits per heavy atom. The molecule has 18 rings (SSSR count). The van der Waals surface area contributed by atoms with Gasteiger partial charge in [-0.25, -0.2) is 14.8 Å². The number of nitrogens with zero attached hydrogens (tertiary/aromatic N) is 9. The second-order valence-corrected chi connectivity index (χ2v) is 22.9. The fourth-order valence-corrected chi connectivity index (χ4v) is 14.1. The van der Waals surface area contributed by atoms with Crippen LogP contribution in [0.4, 0.5) is 5.69 Å². The van der Waals surface area contributed by atoms with Crippen LogP contribution in [0, 0.1) is 17.9 Å². The largest absolute Gasteiger partial charge is 0.309 e. The van der Waals surface area contributed by atoms with Crippen molar-refractivity contribution in [3.05, 3.63) is 302 Å². The molecule has 0 aliphatic rings. The van der Waals surface area contributed by atoms with Crippen LogP contribution in [-0.4, -0.2) is 33.2 Å².